The molecule has 0 saturated heterocycles. The Bertz CT molecular complexity index is 111. The molecule has 0 nitrogen and oxygen atoms in total. The van der Waals surface area contributed by atoms with Gasteiger partial charge in [-0.2, -0.15) is 0 Å². The maximum absolute atomic E-state index is 2.42. The van der Waals surface area contributed by atoms with Gasteiger partial charge in [-0.05, 0) is 31.6 Å². The van der Waals surface area contributed by atoms with Crippen molar-refractivity contribution in [2.45, 2.75) is 39.5 Å². The number of hydrogen-bond acceptors (Lipinski definition) is 0. The van der Waals surface area contributed by atoms with Crippen LogP contribution in [0.3, 0.4) is 0 Å². The van der Waals surface area contributed by atoms with Crippen LogP contribution in [0.25, 0.3) is 0 Å². The summed E-state index contributed by atoms with van der Waals surface area (Å²) in [6.07, 6.45) is 7.77. The van der Waals surface area contributed by atoms with Gasteiger partial charge in [0, 0.05) is 0 Å². The van der Waals surface area contributed by atoms with Gasteiger partial charge in [-0.15, -0.1) is 0 Å². The highest BCUT2D eigenvalue weighted by Gasteiger charge is 2.08. The second-order valence-electron chi connectivity index (χ2n) is 3.10. The zero-order valence-electron chi connectivity index (χ0n) is 6.48. The Kier molecular flexibility index (Phi) is 2.32. The molecule has 0 heterocycles. The molecule has 0 aliphatic heterocycles. The molecule has 0 spiro atoms. The SMILES string of the molecule is CCC1=CCCC(C)C1. The molecular weight excluding hydrogens is 108 g/mol. The molecule has 9 heavy (non-hydrogen) atoms. The minimum Gasteiger partial charge on any atom is -0.0853 e. The van der Waals surface area contributed by atoms with Gasteiger partial charge in [-0.1, -0.05) is 25.5 Å². The molecule has 1 aliphatic carbocycles. The van der Waals surface area contributed by atoms with Crippen LogP contribution in [0, 0.1) is 5.92 Å². The lowest BCUT2D eigenvalue weighted by atomic mass is 9.89. The molecule has 0 fully saturated rings. The summed E-state index contributed by atoms with van der Waals surface area (Å²) in [6.45, 7) is 4.60. The van der Waals surface area contributed by atoms with Crippen molar-refractivity contribution in [1.82, 2.24) is 0 Å². The average Bonchev–Trinajstić information content (AvgIpc) is 1.88. The molecule has 0 aromatic rings. The maximum atomic E-state index is 2.42. The fourth-order valence-corrected chi connectivity index (χ4v) is 1.49. The van der Waals surface area contributed by atoms with E-state index in [0.29, 0.717) is 0 Å². The van der Waals surface area contributed by atoms with Crippen LogP contribution in [0.15, 0.2) is 11.6 Å². The predicted octanol–water partition coefficient (Wildman–Crippen LogP) is 3.14. The first kappa shape index (κ1) is 6.85. The lowest BCUT2D eigenvalue weighted by molar-refractivity contribution is 0.502. The smallest absolute Gasteiger partial charge is 0.0294 e. The number of rotatable bonds is 1. The van der Waals surface area contributed by atoms with Gasteiger partial charge in [0.05, 0.1) is 0 Å². The van der Waals surface area contributed by atoms with Crippen LogP contribution in [-0.2, 0) is 0 Å². The highest BCUT2D eigenvalue weighted by Crippen LogP contribution is 2.24. The predicted molar refractivity (Wildman–Crippen MR) is 41.4 cm³/mol. The summed E-state index contributed by atoms with van der Waals surface area (Å²) in [5.74, 6) is 0.949. The summed E-state index contributed by atoms with van der Waals surface area (Å²) in [5.41, 5.74) is 1.67. The molecule has 0 aromatic carbocycles. The van der Waals surface area contributed by atoms with Crippen LogP contribution in [-0.4, -0.2) is 0 Å². The van der Waals surface area contributed by atoms with E-state index >= 15 is 0 Å². The molecular formula is C9H16. The molecule has 0 N–H and O–H groups in total. The molecule has 0 bridgehead atoms. The highest BCUT2D eigenvalue weighted by atomic mass is 14.1. The van der Waals surface area contributed by atoms with E-state index in [1.54, 1.807) is 5.57 Å². The summed E-state index contributed by atoms with van der Waals surface area (Å²) < 4.78 is 0. The number of allylic oxidation sites excluding steroid dienone is 2. The van der Waals surface area contributed by atoms with E-state index in [2.05, 4.69) is 19.9 Å². The van der Waals surface area contributed by atoms with Gasteiger partial charge in [-0.25, -0.2) is 0 Å². The summed E-state index contributed by atoms with van der Waals surface area (Å²) in [7, 11) is 0. The fraction of sp³-hybridized carbons (Fsp3) is 0.778. The van der Waals surface area contributed by atoms with Crippen LogP contribution >= 0.6 is 0 Å². The van der Waals surface area contributed by atoms with Crippen LogP contribution in [0.1, 0.15) is 39.5 Å². The van der Waals surface area contributed by atoms with E-state index in [4.69, 9.17) is 0 Å². The molecule has 0 radical (unpaired) electrons. The second kappa shape index (κ2) is 3.05. The Balaban J connectivity index is 2.43. The second-order valence-corrected chi connectivity index (χ2v) is 3.10. The zero-order valence-corrected chi connectivity index (χ0v) is 6.48. The van der Waals surface area contributed by atoms with Crippen molar-refractivity contribution in [3.8, 4) is 0 Å². The summed E-state index contributed by atoms with van der Waals surface area (Å²) in [5, 5.41) is 0. The molecule has 1 atom stereocenters. The van der Waals surface area contributed by atoms with Gasteiger partial charge < -0.3 is 0 Å². The molecule has 0 saturated carbocycles. The van der Waals surface area contributed by atoms with E-state index < -0.39 is 0 Å². The molecule has 0 heteroatoms. The lowest BCUT2D eigenvalue weighted by Crippen LogP contribution is -2.01. The summed E-state index contributed by atoms with van der Waals surface area (Å²) >= 11 is 0. The van der Waals surface area contributed by atoms with Crippen molar-refractivity contribution in [2.75, 3.05) is 0 Å². The van der Waals surface area contributed by atoms with Gasteiger partial charge in [-0.3, -0.25) is 0 Å². The largest absolute Gasteiger partial charge is 0.0853 e. The first-order valence-electron chi connectivity index (χ1n) is 4.00. The monoisotopic (exact) mass is 124 g/mol. The molecule has 0 aromatic heterocycles. The average molecular weight is 124 g/mol. The molecule has 1 aliphatic rings. The Morgan fingerprint density at radius 1 is 1.67 bits per heavy atom. The third kappa shape index (κ3) is 1.85. The quantitative estimate of drug-likeness (QED) is 0.471. The van der Waals surface area contributed by atoms with Crippen LogP contribution in [0.2, 0.25) is 0 Å². The minimum atomic E-state index is 0.949. The molecule has 1 unspecified atom stereocenters. The third-order valence-electron chi connectivity index (χ3n) is 2.16. The van der Waals surface area contributed by atoms with E-state index in [1.165, 1.54) is 25.7 Å². The van der Waals surface area contributed by atoms with Gasteiger partial charge in [0.1, 0.15) is 0 Å². The van der Waals surface area contributed by atoms with Crippen molar-refractivity contribution in [3.05, 3.63) is 11.6 Å². The van der Waals surface area contributed by atoms with Crippen LogP contribution in [0.5, 0.6) is 0 Å². The normalized spacial score (nSPS) is 27.8. The Labute approximate surface area is 58.0 Å². The minimum absolute atomic E-state index is 0.949. The molecule has 1 rings (SSSR count). The Morgan fingerprint density at radius 2 is 2.44 bits per heavy atom. The molecule has 0 amide bonds. The number of hydrogen-bond donors (Lipinski definition) is 0. The van der Waals surface area contributed by atoms with E-state index in [9.17, 15) is 0 Å². The Morgan fingerprint density at radius 3 is 2.89 bits per heavy atom. The summed E-state index contributed by atoms with van der Waals surface area (Å²) in [4.78, 5) is 0. The van der Waals surface area contributed by atoms with Crippen molar-refractivity contribution >= 4 is 0 Å². The van der Waals surface area contributed by atoms with Gasteiger partial charge in [0.25, 0.3) is 0 Å². The van der Waals surface area contributed by atoms with Gasteiger partial charge in [0.15, 0.2) is 0 Å². The Hall–Kier alpha value is -0.260. The highest BCUT2D eigenvalue weighted by molar-refractivity contribution is 5.05. The molecule has 52 valence electrons. The first-order valence-corrected chi connectivity index (χ1v) is 4.00. The fourth-order valence-electron chi connectivity index (χ4n) is 1.49. The van der Waals surface area contributed by atoms with Crippen molar-refractivity contribution in [1.29, 1.82) is 0 Å². The van der Waals surface area contributed by atoms with Crippen molar-refractivity contribution in [3.63, 3.8) is 0 Å². The van der Waals surface area contributed by atoms with E-state index in [1.807, 2.05) is 0 Å². The van der Waals surface area contributed by atoms with Crippen molar-refractivity contribution in [2.24, 2.45) is 5.92 Å². The van der Waals surface area contributed by atoms with Crippen LogP contribution < -0.4 is 0 Å². The van der Waals surface area contributed by atoms with Crippen LogP contribution in [0.4, 0.5) is 0 Å². The first-order chi connectivity index (χ1) is 4.33. The van der Waals surface area contributed by atoms with E-state index in [0.717, 1.165) is 5.92 Å². The maximum Gasteiger partial charge on any atom is -0.0294 e. The third-order valence-corrected chi connectivity index (χ3v) is 2.16. The summed E-state index contributed by atoms with van der Waals surface area (Å²) in [6, 6.07) is 0. The lowest BCUT2D eigenvalue weighted by Gasteiger charge is -2.17. The standard InChI is InChI=1S/C9H16/c1-3-9-6-4-5-8(2)7-9/h6,8H,3-5,7H2,1-2H3. The van der Waals surface area contributed by atoms with Gasteiger partial charge >= 0.3 is 0 Å². The van der Waals surface area contributed by atoms with E-state index in [-0.39, 0.29) is 0 Å². The topological polar surface area (TPSA) is 0 Å². The zero-order chi connectivity index (χ0) is 6.69. The van der Waals surface area contributed by atoms with Gasteiger partial charge in [0.2, 0.25) is 0 Å². The van der Waals surface area contributed by atoms with Crippen molar-refractivity contribution < 1.29 is 0 Å².